The summed E-state index contributed by atoms with van der Waals surface area (Å²) >= 11 is 0. The zero-order chi connectivity index (χ0) is 12.0. The molecule has 2 heterocycles. The number of benzene rings is 1. The second-order valence-electron chi connectivity index (χ2n) is 5.17. The van der Waals surface area contributed by atoms with E-state index >= 15 is 0 Å². The van der Waals surface area contributed by atoms with E-state index < -0.39 is 0 Å². The zero-order valence-electron chi connectivity index (χ0n) is 10.4. The van der Waals surface area contributed by atoms with Crippen molar-refractivity contribution in [1.82, 2.24) is 5.32 Å². The van der Waals surface area contributed by atoms with Crippen LogP contribution in [0.25, 0.3) is 0 Å². The minimum absolute atomic E-state index is 0.129. The summed E-state index contributed by atoms with van der Waals surface area (Å²) in [6.45, 7) is 3.92. The fourth-order valence-corrected chi connectivity index (χ4v) is 3.12. The van der Waals surface area contributed by atoms with E-state index in [1.165, 1.54) is 11.1 Å². The lowest BCUT2D eigenvalue weighted by molar-refractivity contribution is -0.123. The number of amides is 1. The number of nitrogens with zero attached hydrogens (tertiary/aromatic N) is 1. The van der Waals surface area contributed by atoms with Gasteiger partial charge in [0.05, 0.1) is 5.92 Å². The highest BCUT2D eigenvalue weighted by Gasteiger charge is 2.39. The third-order valence-electron chi connectivity index (χ3n) is 4.08. The van der Waals surface area contributed by atoms with Crippen LogP contribution >= 0.6 is 0 Å². The smallest absolute Gasteiger partial charge is 0.231 e. The second kappa shape index (κ2) is 3.84. The van der Waals surface area contributed by atoms with Crippen LogP contribution in [0.3, 0.4) is 0 Å². The minimum Gasteiger partial charge on any atom is -0.316 e. The van der Waals surface area contributed by atoms with E-state index in [0.29, 0.717) is 5.92 Å². The van der Waals surface area contributed by atoms with Crippen LogP contribution in [0.4, 0.5) is 5.69 Å². The van der Waals surface area contributed by atoms with Gasteiger partial charge < -0.3 is 10.2 Å². The molecule has 3 heteroatoms. The molecule has 1 fully saturated rings. The highest BCUT2D eigenvalue weighted by Crippen LogP contribution is 2.41. The molecule has 1 saturated heterocycles. The molecule has 0 aromatic heterocycles. The summed E-state index contributed by atoms with van der Waals surface area (Å²) in [5, 5.41) is 3.33. The molecule has 2 atom stereocenters. The maximum atomic E-state index is 12.3. The van der Waals surface area contributed by atoms with Crippen molar-refractivity contribution >= 4 is 11.6 Å². The van der Waals surface area contributed by atoms with Gasteiger partial charge in [-0.05, 0) is 43.0 Å². The minimum atomic E-state index is 0.129. The lowest BCUT2D eigenvalue weighted by atomic mass is 9.76. The molecular formula is C14H18N2O. The van der Waals surface area contributed by atoms with Gasteiger partial charge in [-0.3, -0.25) is 4.79 Å². The summed E-state index contributed by atoms with van der Waals surface area (Å²) in [6.07, 6.45) is 1.07. The van der Waals surface area contributed by atoms with E-state index in [2.05, 4.69) is 30.4 Å². The number of piperidine rings is 1. The van der Waals surface area contributed by atoms with E-state index in [0.717, 1.165) is 25.2 Å². The highest BCUT2D eigenvalue weighted by molar-refractivity contribution is 5.98. The Morgan fingerprint density at radius 3 is 3.00 bits per heavy atom. The Balaban J connectivity index is 2.12. The number of anilines is 1. The number of fused-ring (bicyclic) bond motifs is 3. The van der Waals surface area contributed by atoms with Crippen LogP contribution in [-0.2, 0) is 4.79 Å². The summed E-state index contributed by atoms with van der Waals surface area (Å²) in [5.41, 5.74) is 3.68. The van der Waals surface area contributed by atoms with Gasteiger partial charge in [-0.2, -0.15) is 0 Å². The largest absolute Gasteiger partial charge is 0.316 e. The number of carbonyl (C=O) groups excluding carboxylic acids is 1. The number of rotatable bonds is 0. The van der Waals surface area contributed by atoms with Crippen LogP contribution in [0.1, 0.15) is 23.5 Å². The fraction of sp³-hybridized carbons (Fsp3) is 0.500. The summed E-state index contributed by atoms with van der Waals surface area (Å²) in [4.78, 5) is 14.1. The molecule has 1 aromatic carbocycles. The SMILES string of the molecule is Cc1ccc2c(c1)N(C)C(=O)C1CNCCC21. The molecule has 0 radical (unpaired) electrons. The Bertz CT molecular complexity index is 469. The van der Waals surface area contributed by atoms with Crippen molar-refractivity contribution in [2.75, 3.05) is 25.0 Å². The van der Waals surface area contributed by atoms with Gasteiger partial charge in [0.25, 0.3) is 0 Å². The lowest BCUT2D eigenvalue weighted by Crippen LogP contribution is -2.48. The van der Waals surface area contributed by atoms with E-state index in [4.69, 9.17) is 0 Å². The molecule has 2 aliphatic rings. The normalized spacial score (nSPS) is 27.6. The predicted octanol–water partition coefficient (Wildman–Crippen LogP) is 1.66. The standard InChI is InChI=1S/C14H18N2O/c1-9-3-4-11-10-5-6-15-8-12(10)14(17)16(2)13(11)7-9/h3-4,7,10,12,15H,5-6,8H2,1-2H3. The van der Waals surface area contributed by atoms with Crippen LogP contribution in [0.15, 0.2) is 18.2 Å². The van der Waals surface area contributed by atoms with E-state index in [9.17, 15) is 4.79 Å². The quantitative estimate of drug-likeness (QED) is 0.735. The van der Waals surface area contributed by atoms with Crippen molar-refractivity contribution < 1.29 is 4.79 Å². The van der Waals surface area contributed by atoms with Gasteiger partial charge in [-0.15, -0.1) is 0 Å². The second-order valence-corrected chi connectivity index (χ2v) is 5.17. The molecule has 1 N–H and O–H groups in total. The molecule has 0 aliphatic carbocycles. The van der Waals surface area contributed by atoms with Crippen LogP contribution < -0.4 is 10.2 Å². The predicted molar refractivity (Wildman–Crippen MR) is 68.3 cm³/mol. The van der Waals surface area contributed by atoms with Crippen molar-refractivity contribution in [3.63, 3.8) is 0 Å². The van der Waals surface area contributed by atoms with Crippen molar-refractivity contribution in [3.05, 3.63) is 29.3 Å². The van der Waals surface area contributed by atoms with E-state index in [1.807, 2.05) is 11.9 Å². The summed E-state index contributed by atoms with van der Waals surface area (Å²) < 4.78 is 0. The zero-order valence-corrected chi connectivity index (χ0v) is 10.4. The topological polar surface area (TPSA) is 32.3 Å². The molecule has 0 saturated carbocycles. The molecular weight excluding hydrogens is 212 g/mol. The number of hydrogen-bond donors (Lipinski definition) is 1. The summed E-state index contributed by atoms with van der Waals surface area (Å²) in [5.74, 6) is 0.805. The maximum Gasteiger partial charge on any atom is 0.231 e. The molecule has 2 aliphatic heterocycles. The Kier molecular flexibility index (Phi) is 2.44. The fourth-order valence-electron chi connectivity index (χ4n) is 3.12. The van der Waals surface area contributed by atoms with Crippen molar-refractivity contribution in [1.29, 1.82) is 0 Å². The first kappa shape index (κ1) is 10.8. The first-order valence-electron chi connectivity index (χ1n) is 6.27. The lowest BCUT2D eigenvalue weighted by Gasteiger charge is -2.40. The van der Waals surface area contributed by atoms with Gasteiger partial charge in [0, 0.05) is 19.3 Å². The van der Waals surface area contributed by atoms with E-state index in [-0.39, 0.29) is 11.8 Å². The van der Waals surface area contributed by atoms with Crippen LogP contribution in [0, 0.1) is 12.8 Å². The van der Waals surface area contributed by atoms with Gasteiger partial charge in [0.1, 0.15) is 0 Å². The molecule has 3 nitrogen and oxygen atoms in total. The Labute approximate surface area is 102 Å². The maximum absolute atomic E-state index is 12.3. The van der Waals surface area contributed by atoms with Gasteiger partial charge in [0.15, 0.2) is 0 Å². The third-order valence-corrected chi connectivity index (χ3v) is 4.08. The molecule has 2 unspecified atom stereocenters. The molecule has 90 valence electrons. The average molecular weight is 230 g/mol. The summed E-state index contributed by atoms with van der Waals surface area (Å²) in [6, 6.07) is 6.49. The first-order chi connectivity index (χ1) is 8.18. The number of hydrogen-bond acceptors (Lipinski definition) is 2. The number of nitrogens with one attached hydrogen (secondary N) is 1. The highest BCUT2D eigenvalue weighted by atomic mass is 16.2. The van der Waals surface area contributed by atoms with Gasteiger partial charge in [0.2, 0.25) is 5.91 Å². The number of carbonyl (C=O) groups is 1. The Morgan fingerprint density at radius 1 is 1.35 bits per heavy atom. The van der Waals surface area contributed by atoms with Crippen molar-refractivity contribution in [3.8, 4) is 0 Å². The van der Waals surface area contributed by atoms with Crippen molar-refractivity contribution in [2.45, 2.75) is 19.3 Å². The molecule has 0 spiro atoms. The first-order valence-corrected chi connectivity index (χ1v) is 6.27. The van der Waals surface area contributed by atoms with Crippen LogP contribution in [0.5, 0.6) is 0 Å². The molecule has 17 heavy (non-hydrogen) atoms. The Hall–Kier alpha value is -1.35. The summed E-state index contributed by atoms with van der Waals surface area (Å²) in [7, 11) is 1.89. The van der Waals surface area contributed by atoms with Gasteiger partial charge in [-0.1, -0.05) is 12.1 Å². The third kappa shape index (κ3) is 1.57. The molecule has 1 amide bonds. The van der Waals surface area contributed by atoms with Gasteiger partial charge in [-0.25, -0.2) is 0 Å². The van der Waals surface area contributed by atoms with E-state index in [1.54, 1.807) is 0 Å². The van der Waals surface area contributed by atoms with Crippen LogP contribution in [-0.4, -0.2) is 26.0 Å². The van der Waals surface area contributed by atoms with Gasteiger partial charge >= 0.3 is 0 Å². The molecule has 3 rings (SSSR count). The Morgan fingerprint density at radius 2 is 2.18 bits per heavy atom. The average Bonchev–Trinajstić information content (AvgIpc) is 2.36. The monoisotopic (exact) mass is 230 g/mol. The molecule has 1 aromatic rings. The number of aryl methyl sites for hydroxylation is 1. The van der Waals surface area contributed by atoms with Crippen molar-refractivity contribution in [2.24, 2.45) is 5.92 Å². The van der Waals surface area contributed by atoms with Crippen LogP contribution in [0.2, 0.25) is 0 Å². The molecule has 0 bridgehead atoms.